The molecule has 2 saturated heterocycles. The van der Waals surface area contributed by atoms with E-state index in [-0.39, 0.29) is 0 Å². The van der Waals surface area contributed by atoms with E-state index >= 15 is 0 Å². The molecule has 18 heavy (non-hydrogen) atoms. The third-order valence-electron chi connectivity index (χ3n) is 4.20. The minimum atomic E-state index is 0.619. The molecule has 0 bridgehead atoms. The molecular weight excluding hydrogens is 224 g/mol. The largest absolute Gasteiger partial charge is 0.384 e. The van der Waals surface area contributed by atoms with Gasteiger partial charge >= 0.3 is 0 Å². The number of pyridine rings is 1. The number of aromatic nitrogens is 1. The fourth-order valence-corrected chi connectivity index (χ4v) is 3.19. The summed E-state index contributed by atoms with van der Waals surface area (Å²) in [6, 6.07) is 4.78. The molecule has 0 spiro atoms. The zero-order chi connectivity index (χ0) is 12.4. The van der Waals surface area contributed by atoms with Gasteiger partial charge in [0.25, 0.3) is 0 Å². The van der Waals surface area contributed by atoms with Crippen molar-refractivity contribution in [2.24, 2.45) is 0 Å². The fourth-order valence-electron chi connectivity index (χ4n) is 3.19. The topological polar surface area (TPSA) is 45.4 Å². The molecule has 98 valence electrons. The molecule has 2 N–H and O–H groups in total. The molecule has 0 aromatic carbocycles. The Morgan fingerprint density at radius 3 is 2.78 bits per heavy atom. The molecule has 0 radical (unpaired) electrons. The van der Waals surface area contributed by atoms with E-state index in [9.17, 15) is 0 Å². The number of nitrogen functional groups attached to an aromatic ring is 1. The summed E-state index contributed by atoms with van der Waals surface area (Å²) in [6.07, 6.45) is 7.24. The molecule has 3 rings (SSSR count). The van der Waals surface area contributed by atoms with Crippen molar-refractivity contribution in [2.75, 3.05) is 36.8 Å². The monoisotopic (exact) mass is 246 g/mol. The highest BCUT2D eigenvalue weighted by molar-refractivity contribution is 5.52. The number of piperidine rings is 1. The van der Waals surface area contributed by atoms with E-state index in [2.05, 4.69) is 20.9 Å². The molecule has 0 amide bonds. The highest BCUT2D eigenvalue weighted by Crippen LogP contribution is 2.25. The summed E-state index contributed by atoms with van der Waals surface area (Å²) in [5.74, 6) is 0.619. The van der Waals surface area contributed by atoms with Gasteiger partial charge < -0.3 is 10.6 Å². The van der Waals surface area contributed by atoms with E-state index in [1.54, 1.807) is 6.20 Å². The third kappa shape index (κ3) is 2.43. The molecule has 1 aromatic rings. The molecule has 4 heteroatoms. The van der Waals surface area contributed by atoms with E-state index in [0.29, 0.717) is 5.82 Å². The van der Waals surface area contributed by atoms with Crippen molar-refractivity contribution in [1.29, 1.82) is 0 Å². The van der Waals surface area contributed by atoms with E-state index in [1.165, 1.54) is 44.5 Å². The van der Waals surface area contributed by atoms with Crippen LogP contribution in [-0.2, 0) is 0 Å². The average molecular weight is 246 g/mol. The van der Waals surface area contributed by atoms with E-state index in [1.807, 2.05) is 6.07 Å². The lowest BCUT2D eigenvalue weighted by atomic mass is 10.1. The van der Waals surface area contributed by atoms with Gasteiger partial charge in [-0.3, -0.25) is 4.90 Å². The maximum Gasteiger partial charge on any atom is 0.125 e. The van der Waals surface area contributed by atoms with Crippen LogP contribution in [-0.4, -0.2) is 42.1 Å². The zero-order valence-corrected chi connectivity index (χ0v) is 10.9. The van der Waals surface area contributed by atoms with Crippen LogP contribution in [0.2, 0.25) is 0 Å². The Labute approximate surface area is 109 Å². The first-order valence-corrected chi connectivity index (χ1v) is 7.03. The smallest absolute Gasteiger partial charge is 0.125 e. The molecule has 1 aromatic heterocycles. The van der Waals surface area contributed by atoms with Crippen LogP contribution < -0.4 is 10.6 Å². The Kier molecular flexibility index (Phi) is 3.37. The van der Waals surface area contributed by atoms with E-state index < -0.39 is 0 Å². The predicted octanol–water partition coefficient (Wildman–Crippen LogP) is 1.73. The Morgan fingerprint density at radius 1 is 1.17 bits per heavy atom. The predicted molar refractivity (Wildman–Crippen MR) is 74.7 cm³/mol. The number of nitrogens with zero attached hydrogens (tertiary/aromatic N) is 3. The van der Waals surface area contributed by atoms with Gasteiger partial charge in [0.2, 0.25) is 0 Å². The molecule has 4 nitrogen and oxygen atoms in total. The van der Waals surface area contributed by atoms with Gasteiger partial charge in [-0.15, -0.1) is 0 Å². The number of hydrogen-bond acceptors (Lipinski definition) is 4. The Balaban J connectivity index is 1.64. The van der Waals surface area contributed by atoms with Gasteiger partial charge in [-0.1, -0.05) is 6.42 Å². The van der Waals surface area contributed by atoms with Gasteiger partial charge in [-0.2, -0.15) is 0 Å². The van der Waals surface area contributed by atoms with Gasteiger partial charge in [0.15, 0.2) is 0 Å². The number of hydrogen-bond donors (Lipinski definition) is 1. The maximum atomic E-state index is 5.76. The minimum absolute atomic E-state index is 0.619. The first kappa shape index (κ1) is 11.8. The summed E-state index contributed by atoms with van der Waals surface area (Å²) in [4.78, 5) is 9.18. The zero-order valence-electron chi connectivity index (χ0n) is 10.9. The van der Waals surface area contributed by atoms with Crippen molar-refractivity contribution in [1.82, 2.24) is 9.88 Å². The second-order valence-corrected chi connectivity index (χ2v) is 5.42. The molecule has 2 aliphatic rings. The van der Waals surface area contributed by atoms with Gasteiger partial charge in [0.05, 0.1) is 0 Å². The molecule has 3 heterocycles. The molecule has 0 aliphatic carbocycles. The van der Waals surface area contributed by atoms with Crippen LogP contribution in [0.25, 0.3) is 0 Å². The molecular formula is C14H22N4. The summed E-state index contributed by atoms with van der Waals surface area (Å²) in [5.41, 5.74) is 6.98. The van der Waals surface area contributed by atoms with Gasteiger partial charge in [-0.25, -0.2) is 4.98 Å². The van der Waals surface area contributed by atoms with Crippen molar-refractivity contribution in [3.8, 4) is 0 Å². The van der Waals surface area contributed by atoms with Crippen LogP contribution in [0.1, 0.15) is 25.7 Å². The van der Waals surface area contributed by atoms with Crippen LogP contribution in [0.15, 0.2) is 18.3 Å². The van der Waals surface area contributed by atoms with Crippen LogP contribution in [0, 0.1) is 0 Å². The van der Waals surface area contributed by atoms with Crippen LogP contribution in [0.5, 0.6) is 0 Å². The normalized spacial score (nSPS) is 25.6. The summed E-state index contributed by atoms with van der Waals surface area (Å²) in [5, 5.41) is 0. The summed E-state index contributed by atoms with van der Waals surface area (Å²) in [6.45, 7) is 4.86. The van der Waals surface area contributed by atoms with Crippen LogP contribution in [0.4, 0.5) is 11.5 Å². The molecule has 1 atom stereocenters. The molecule has 2 aliphatic heterocycles. The van der Waals surface area contributed by atoms with Crippen LogP contribution in [0.3, 0.4) is 0 Å². The summed E-state index contributed by atoms with van der Waals surface area (Å²) in [7, 11) is 0. The molecule has 0 saturated carbocycles. The first-order chi connectivity index (χ1) is 8.83. The van der Waals surface area contributed by atoms with Crippen molar-refractivity contribution in [3.05, 3.63) is 18.3 Å². The summed E-state index contributed by atoms with van der Waals surface area (Å²) >= 11 is 0. The lowest BCUT2D eigenvalue weighted by Gasteiger charge is -2.32. The standard InChI is InChI=1S/C14H22N4/c15-14-10-12(4-6-16-14)18-9-5-13(11-18)17-7-2-1-3-8-17/h4,6,10,13H,1-3,5,7-9,11H2,(H2,15,16). The van der Waals surface area contributed by atoms with E-state index in [4.69, 9.17) is 5.73 Å². The lowest BCUT2D eigenvalue weighted by Crippen LogP contribution is -2.40. The molecule has 2 fully saturated rings. The van der Waals surface area contributed by atoms with Gasteiger partial charge in [0, 0.05) is 37.1 Å². The second-order valence-electron chi connectivity index (χ2n) is 5.42. The minimum Gasteiger partial charge on any atom is -0.384 e. The quantitative estimate of drug-likeness (QED) is 0.863. The first-order valence-electron chi connectivity index (χ1n) is 7.03. The fraction of sp³-hybridized carbons (Fsp3) is 0.643. The Hall–Kier alpha value is -1.29. The highest BCUT2D eigenvalue weighted by atomic mass is 15.3. The van der Waals surface area contributed by atoms with Gasteiger partial charge in [-0.05, 0) is 38.4 Å². The number of nitrogens with two attached hydrogens (primary N) is 1. The Bertz CT molecular complexity index is 401. The van der Waals surface area contributed by atoms with Crippen LogP contribution >= 0.6 is 0 Å². The lowest BCUT2D eigenvalue weighted by molar-refractivity contribution is 0.175. The maximum absolute atomic E-state index is 5.76. The van der Waals surface area contributed by atoms with E-state index in [0.717, 1.165) is 19.1 Å². The number of anilines is 2. The Morgan fingerprint density at radius 2 is 2.00 bits per heavy atom. The van der Waals surface area contributed by atoms with Gasteiger partial charge in [0.1, 0.15) is 5.82 Å². The number of rotatable bonds is 2. The molecule has 1 unspecified atom stereocenters. The van der Waals surface area contributed by atoms with Crippen molar-refractivity contribution < 1.29 is 0 Å². The van der Waals surface area contributed by atoms with Crippen molar-refractivity contribution in [2.45, 2.75) is 31.7 Å². The number of likely N-dealkylation sites (tertiary alicyclic amines) is 1. The second kappa shape index (κ2) is 5.14. The van der Waals surface area contributed by atoms with Crippen molar-refractivity contribution in [3.63, 3.8) is 0 Å². The highest BCUT2D eigenvalue weighted by Gasteiger charge is 2.28. The third-order valence-corrected chi connectivity index (χ3v) is 4.20. The average Bonchev–Trinajstić information content (AvgIpc) is 2.89. The SMILES string of the molecule is Nc1cc(N2CCC(N3CCCCC3)C2)ccn1. The van der Waals surface area contributed by atoms with Crippen molar-refractivity contribution >= 4 is 11.5 Å². The summed E-state index contributed by atoms with van der Waals surface area (Å²) < 4.78 is 0.